The first-order chi connectivity index (χ1) is 9.00. The van der Waals surface area contributed by atoms with E-state index in [1.54, 1.807) is 18.4 Å². The second-order valence-corrected chi connectivity index (χ2v) is 7.08. The molecule has 102 valence electrons. The van der Waals surface area contributed by atoms with Crippen LogP contribution in [-0.2, 0) is 4.74 Å². The molecule has 2 unspecified atom stereocenters. The summed E-state index contributed by atoms with van der Waals surface area (Å²) in [5, 5.41) is 5.22. The maximum atomic E-state index is 5.98. The summed E-state index contributed by atoms with van der Waals surface area (Å²) in [7, 11) is 1.78. The highest BCUT2D eigenvalue weighted by Crippen LogP contribution is 2.44. The summed E-state index contributed by atoms with van der Waals surface area (Å²) in [6.45, 7) is 4.46. The van der Waals surface area contributed by atoms with Crippen LogP contribution in [0, 0.1) is 5.41 Å². The predicted molar refractivity (Wildman–Crippen MR) is 81.2 cm³/mol. The van der Waals surface area contributed by atoms with E-state index < -0.39 is 0 Å². The number of halogens is 1. The van der Waals surface area contributed by atoms with Crippen LogP contribution < -0.4 is 5.32 Å². The fraction of sp³-hybridized carbons (Fsp3) is 0.500. The SMILES string of the molecule is COC1CC(Nc2nc3cc(Cl)ccc3s2)C1(C)C. The topological polar surface area (TPSA) is 34.1 Å². The quantitative estimate of drug-likeness (QED) is 0.923. The first-order valence-electron chi connectivity index (χ1n) is 6.36. The smallest absolute Gasteiger partial charge is 0.184 e. The van der Waals surface area contributed by atoms with Crippen LogP contribution in [0.1, 0.15) is 20.3 Å². The van der Waals surface area contributed by atoms with Crippen molar-refractivity contribution in [2.75, 3.05) is 12.4 Å². The van der Waals surface area contributed by atoms with Crippen molar-refractivity contribution in [1.29, 1.82) is 0 Å². The molecule has 1 N–H and O–H groups in total. The van der Waals surface area contributed by atoms with Crippen LogP contribution in [-0.4, -0.2) is 24.2 Å². The van der Waals surface area contributed by atoms with Gasteiger partial charge in [-0.15, -0.1) is 0 Å². The summed E-state index contributed by atoms with van der Waals surface area (Å²) in [6, 6.07) is 6.24. The number of ether oxygens (including phenoxy) is 1. The number of aromatic nitrogens is 1. The molecular formula is C14H17ClN2OS. The van der Waals surface area contributed by atoms with Crippen molar-refractivity contribution in [2.45, 2.75) is 32.4 Å². The molecule has 1 aromatic heterocycles. The van der Waals surface area contributed by atoms with Crippen LogP contribution in [0.25, 0.3) is 10.2 Å². The monoisotopic (exact) mass is 296 g/mol. The lowest BCUT2D eigenvalue weighted by Gasteiger charge is -2.51. The second-order valence-electron chi connectivity index (χ2n) is 5.61. The average Bonchev–Trinajstić information content (AvgIpc) is 2.75. The number of nitrogens with zero attached hydrogens (tertiary/aromatic N) is 1. The van der Waals surface area contributed by atoms with E-state index in [0.717, 1.165) is 26.8 Å². The molecule has 0 saturated heterocycles. The Bertz CT molecular complexity index is 611. The van der Waals surface area contributed by atoms with E-state index in [4.69, 9.17) is 16.3 Å². The summed E-state index contributed by atoms with van der Waals surface area (Å²) >= 11 is 7.65. The summed E-state index contributed by atoms with van der Waals surface area (Å²) in [5.41, 5.74) is 1.10. The average molecular weight is 297 g/mol. The van der Waals surface area contributed by atoms with Gasteiger partial charge in [0.05, 0.1) is 16.3 Å². The Hall–Kier alpha value is -0.840. The normalized spacial score (nSPS) is 25.3. The molecule has 1 saturated carbocycles. The minimum absolute atomic E-state index is 0.143. The van der Waals surface area contributed by atoms with Crippen LogP contribution in [0.5, 0.6) is 0 Å². The Morgan fingerprint density at radius 2 is 2.26 bits per heavy atom. The molecule has 0 radical (unpaired) electrons. The molecule has 1 aliphatic carbocycles. The van der Waals surface area contributed by atoms with Crippen molar-refractivity contribution in [3.63, 3.8) is 0 Å². The zero-order valence-corrected chi connectivity index (χ0v) is 12.8. The minimum Gasteiger partial charge on any atom is -0.381 e. The molecule has 2 atom stereocenters. The standard InChI is InChI=1S/C14H17ClN2OS/c1-14(2)11(7-12(14)18-3)17-13-16-9-6-8(15)4-5-10(9)19-13/h4-6,11-12H,7H2,1-3H3,(H,16,17). The molecule has 1 fully saturated rings. The molecule has 1 heterocycles. The molecule has 19 heavy (non-hydrogen) atoms. The maximum absolute atomic E-state index is 5.98. The van der Waals surface area contributed by atoms with Crippen LogP contribution in [0.2, 0.25) is 5.02 Å². The molecule has 0 spiro atoms. The van der Waals surface area contributed by atoms with E-state index in [2.05, 4.69) is 24.1 Å². The van der Waals surface area contributed by atoms with Gasteiger partial charge in [-0.3, -0.25) is 0 Å². The Balaban J connectivity index is 1.79. The van der Waals surface area contributed by atoms with Gasteiger partial charge in [0.1, 0.15) is 0 Å². The van der Waals surface area contributed by atoms with Gasteiger partial charge in [-0.25, -0.2) is 4.98 Å². The summed E-state index contributed by atoms with van der Waals surface area (Å²) in [4.78, 5) is 4.59. The lowest BCUT2D eigenvalue weighted by Crippen LogP contribution is -2.57. The van der Waals surface area contributed by atoms with Crippen LogP contribution in [0.15, 0.2) is 18.2 Å². The van der Waals surface area contributed by atoms with Crippen LogP contribution in [0.4, 0.5) is 5.13 Å². The van der Waals surface area contributed by atoms with Gasteiger partial charge in [-0.1, -0.05) is 36.8 Å². The third-order valence-corrected chi connectivity index (χ3v) is 5.31. The number of thiazole rings is 1. The Kier molecular flexibility index (Phi) is 3.20. The number of methoxy groups -OCH3 is 1. The second kappa shape index (κ2) is 4.62. The number of anilines is 1. The molecule has 0 aliphatic heterocycles. The van der Waals surface area contributed by atoms with E-state index >= 15 is 0 Å². The van der Waals surface area contributed by atoms with Gasteiger partial charge in [-0.05, 0) is 24.6 Å². The fourth-order valence-electron chi connectivity index (χ4n) is 2.64. The van der Waals surface area contributed by atoms with E-state index in [9.17, 15) is 0 Å². The number of hydrogen-bond donors (Lipinski definition) is 1. The molecule has 1 aliphatic rings. The maximum Gasteiger partial charge on any atom is 0.184 e. The van der Waals surface area contributed by atoms with Crippen molar-refractivity contribution >= 4 is 38.3 Å². The zero-order chi connectivity index (χ0) is 13.6. The third-order valence-electron chi connectivity index (χ3n) is 4.11. The Labute approximate surface area is 121 Å². The fourth-order valence-corrected chi connectivity index (χ4v) is 3.71. The molecule has 5 heteroatoms. The lowest BCUT2D eigenvalue weighted by atomic mass is 9.64. The van der Waals surface area contributed by atoms with Crippen LogP contribution in [0.3, 0.4) is 0 Å². The molecule has 0 bridgehead atoms. The number of nitrogens with one attached hydrogen (secondary N) is 1. The lowest BCUT2D eigenvalue weighted by molar-refractivity contribution is -0.0794. The van der Waals surface area contributed by atoms with E-state index in [1.165, 1.54) is 0 Å². The van der Waals surface area contributed by atoms with Gasteiger partial charge in [0.25, 0.3) is 0 Å². The van der Waals surface area contributed by atoms with Crippen molar-refractivity contribution < 1.29 is 4.74 Å². The molecule has 2 aromatic rings. The minimum atomic E-state index is 0.143. The Morgan fingerprint density at radius 1 is 1.47 bits per heavy atom. The van der Waals surface area contributed by atoms with Crippen molar-refractivity contribution in [2.24, 2.45) is 5.41 Å². The molecule has 0 amide bonds. The van der Waals surface area contributed by atoms with Gasteiger partial charge in [0.15, 0.2) is 5.13 Å². The first kappa shape index (κ1) is 13.2. The summed E-state index contributed by atoms with van der Waals surface area (Å²) in [5.74, 6) is 0. The largest absolute Gasteiger partial charge is 0.381 e. The van der Waals surface area contributed by atoms with Crippen molar-refractivity contribution in [3.8, 4) is 0 Å². The highest BCUT2D eigenvalue weighted by molar-refractivity contribution is 7.22. The summed E-state index contributed by atoms with van der Waals surface area (Å²) < 4.78 is 6.63. The number of fused-ring (bicyclic) bond motifs is 1. The number of benzene rings is 1. The molecule has 3 rings (SSSR count). The summed E-state index contributed by atoms with van der Waals surface area (Å²) in [6.07, 6.45) is 1.36. The highest BCUT2D eigenvalue weighted by atomic mass is 35.5. The first-order valence-corrected chi connectivity index (χ1v) is 7.55. The number of hydrogen-bond acceptors (Lipinski definition) is 4. The highest BCUT2D eigenvalue weighted by Gasteiger charge is 2.48. The van der Waals surface area contributed by atoms with Crippen molar-refractivity contribution in [1.82, 2.24) is 4.98 Å². The van der Waals surface area contributed by atoms with E-state index in [0.29, 0.717) is 12.1 Å². The number of rotatable bonds is 3. The third kappa shape index (κ3) is 2.22. The molecule has 3 nitrogen and oxygen atoms in total. The van der Waals surface area contributed by atoms with Crippen LogP contribution >= 0.6 is 22.9 Å². The predicted octanol–water partition coefficient (Wildman–Crippen LogP) is 4.18. The van der Waals surface area contributed by atoms with Gasteiger partial charge in [0.2, 0.25) is 0 Å². The van der Waals surface area contributed by atoms with Gasteiger partial charge >= 0.3 is 0 Å². The molecular weight excluding hydrogens is 280 g/mol. The Morgan fingerprint density at radius 3 is 2.95 bits per heavy atom. The molecule has 1 aromatic carbocycles. The van der Waals surface area contributed by atoms with Gasteiger partial charge < -0.3 is 10.1 Å². The van der Waals surface area contributed by atoms with E-state index in [1.807, 2.05) is 18.2 Å². The van der Waals surface area contributed by atoms with Gasteiger partial charge in [0, 0.05) is 23.6 Å². The zero-order valence-electron chi connectivity index (χ0n) is 11.2. The van der Waals surface area contributed by atoms with Gasteiger partial charge in [-0.2, -0.15) is 0 Å². The van der Waals surface area contributed by atoms with Crippen molar-refractivity contribution in [3.05, 3.63) is 23.2 Å². The van der Waals surface area contributed by atoms with E-state index in [-0.39, 0.29) is 5.41 Å².